The quantitative estimate of drug-likeness (QED) is 0.572. The highest BCUT2D eigenvalue weighted by atomic mass is 16.4. The summed E-state index contributed by atoms with van der Waals surface area (Å²) in [6.45, 7) is 8.02. The molecule has 0 aromatic heterocycles. The van der Waals surface area contributed by atoms with Crippen molar-refractivity contribution in [1.29, 1.82) is 0 Å². The lowest BCUT2D eigenvalue weighted by Crippen LogP contribution is -1.82. The van der Waals surface area contributed by atoms with E-state index in [1.807, 2.05) is 6.79 Å². The summed E-state index contributed by atoms with van der Waals surface area (Å²) in [6, 6.07) is 0. The fourth-order valence-corrected chi connectivity index (χ4v) is 0. The first-order chi connectivity index (χ1) is 5.00. The van der Waals surface area contributed by atoms with E-state index in [4.69, 9.17) is 9.90 Å². The van der Waals surface area contributed by atoms with Crippen molar-refractivity contribution in [3.05, 3.63) is 12.7 Å². The Labute approximate surface area is 65.5 Å². The number of hydrogen-bond acceptors (Lipinski definition) is 3. The number of rotatable bonds is 1. The van der Waals surface area contributed by atoms with Gasteiger partial charge in [0.15, 0.2) is 0 Å². The highest BCUT2D eigenvalue weighted by molar-refractivity contribution is 5.78. The second-order valence-electron chi connectivity index (χ2n) is 1.45. The van der Waals surface area contributed by atoms with E-state index in [9.17, 15) is 9.59 Å². The second-order valence-corrected chi connectivity index (χ2v) is 1.45. The molecule has 11 heavy (non-hydrogen) atoms. The van der Waals surface area contributed by atoms with Crippen LogP contribution in [-0.4, -0.2) is 23.6 Å². The van der Waals surface area contributed by atoms with E-state index in [2.05, 4.69) is 6.58 Å². The molecule has 0 aliphatic heterocycles. The number of hydrogen-bond donors (Lipinski definition) is 1. The molecule has 4 heteroatoms. The Hall–Kier alpha value is -1.45. The predicted molar refractivity (Wildman–Crippen MR) is 41.3 cm³/mol. The Morgan fingerprint density at radius 1 is 1.27 bits per heavy atom. The van der Waals surface area contributed by atoms with Gasteiger partial charge in [0.1, 0.15) is 12.6 Å². The van der Waals surface area contributed by atoms with Crippen LogP contribution in [0, 0.1) is 0 Å². The van der Waals surface area contributed by atoms with Gasteiger partial charge in [0.2, 0.25) is 0 Å². The summed E-state index contributed by atoms with van der Waals surface area (Å²) < 4.78 is 0. The van der Waals surface area contributed by atoms with Crippen LogP contribution in [0.2, 0.25) is 0 Å². The summed E-state index contributed by atoms with van der Waals surface area (Å²) in [5, 5.41) is 7.60. The molecule has 0 unspecified atom stereocenters. The Kier molecular flexibility index (Phi) is 23.4. The monoisotopic (exact) mass is 160 g/mol. The van der Waals surface area contributed by atoms with Crippen LogP contribution in [0.1, 0.15) is 13.8 Å². The number of aliphatic carboxylic acids is 1. The molecule has 0 aliphatic carbocycles. The maximum absolute atomic E-state index is 9.44. The van der Waals surface area contributed by atoms with Crippen LogP contribution in [-0.2, 0) is 14.4 Å². The molecule has 64 valence electrons. The molecule has 0 fully saturated rings. The molecule has 0 saturated heterocycles. The predicted octanol–water partition coefficient (Wildman–Crippen LogP) is 0.667. The van der Waals surface area contributed by atoms with Gasteiger partial charge in [-0.2, -0.15) is 0 Å². The van der Waals surface area contributed by atoms with Gasteiger partial charge in [-0.05, 0) is 13.8 Å². The third kappa shape index (κ3) is 1210. The van der Waals surface area contributed by atoms with Gasteiger partial charge in [-0.3, -0.25) is 0 Å². The van der Waals surface area contributed by atoms with E-state index in [1.54, 1.807) is 0 Å². The summed E-state index contributed by atoms with van der Waals surface area (Å²) in [5.41, 5.74) is 0. The summed E-state index contributed by atoms with van der Waals surface area (Å²) in [4.78, 5) is 26.7. The van der Waals surface area contributed by atoms with E-state index in [-0.39, 0.29) is 5.78 Å². The van der Waals surface area contributed by atoms with Crippen molar-refractivity contribution in [2.75, 3.05) is 0 Å². The van der Waals surface area contributed by atoms with E-state index in [0.29, 0.717) is 0 Å². The molecular weight excluding hydrogens is 148 g/mol. The fourth-order valence-electron chi connectivity index (χ4n) is 0. The number of Topliss-reactive ketones (excluding diaryl/α,β-unsaturated/α-hetero) is 1. The zero-order chi connectivity index (χ0) is 9.86. The third-order valence-corrected chi connectivity index (χ3v) is 0.175. The van der Waals surface area contributed by atoms with E-state index < -0.39 is 5.97 Å². The lowest BCUT2D eigenvalue weighted by atomic mass is 10.6. The lowest BCUT2D eigenvalue weighted by molar-refractivity contribution is -0.131. The Morgan fingerprint density at radius 2 is 1.36 bits per heavy atom. The van der Waals surface area contributed by atoms with Crippen LogP contribution < -0.4 is 0 Å². The standard InChI is InChI=1S/C3H4O2.C3H6O.CH2O/c1-2-3(4)5;1-3(2)4;1-2/h2H,1H2,(H,4,5);1-2H3;1H2. The average molecular weight is 160 g/mol. The molecule has 0 amide bonds. The van der Waals surface area contributed by atoms with Crippen LogP contribution in [0.3, 0.4) is 0 Å². The minimum absolute atomic E-state index is 0.167. The lowest BCUT2D eigenvalue weighted by Gasteiger charge is -1.64. The van der Waals surface area contributed by atoms with Gasteiger partial charge in [-0.1, -0.05) is 6.58 Å². The van der Waals surface area contributed by atoms with Gasteiger partial charge < -0.3 is 14.7 Å². The summed E-state index contributed by atoms with van der Waals surface area (Å²) >= 11 is 0. The second kappa shape index (κ2) is 15.8. The minimum Gasteiger partial charge on any atom is -0.478 e. The summed E-state index contributed by atoms with van der Waals surface area (Å²) in [6.07, 6.45) is 0.833. The van der Waals surface area contributed by atoms with Crippen molar-refractivity contribution in [2.24, 2.45) is 0 Å². The largest absolute Gasteiger partial charge is 0.478 e. The van der Waals surface area contributed by atoms with Crippen LogP contribution in [0.4, 0.5) is 0 Å². The van der Waals surface area contributed by atoms with Crippen LogP contribution in [0.5, 0.6) is 0 Å². The van der Waals surface area contributed by atoms with Crippen LogP contribution in [0.15, 0.2) is 12.7 Å². The zero-order valence-corrected chi connectivity index (χ0v) is 6.66. The number of carbonyl (C=O) groups excluding carboxylic acids is 2. The van der Waals surface area contributed by atoms with Gasteiger partial charge in [0, 0.05) is 6.08 Å². The van der Waals surface area contributed by atoms with Crippen molar-refractivity contribution in [3.63, 3.8) is 0 Å². The Bertz CT molecular complexity index is 124. The Morgan fingerprint density at radius 3 is 1.36 bits per heavy atom. The van der Waals surface area contributed by atoms with E-state index in [0.717, 1.165) is 6.08 Å². The van der Waals surface area contributed by atoms with Crippen molar-refractivity contribution in [1.82, 2.24) is 0 Å². The molecule has 0 aromatic rings. The SMILES string of the molecule is C=CC(=O)O.C=O.CC(C)=O. The fraction of sp³-hybridized carbons (Fsp3) is 0.286. The first-order valence-electron chi connectivity index (χ1n) is 2.62. The molecule has 1 N–H and O–H groups in total. The molecule has 0 heterocycles. The Balaban J connectivity index is -0.0000000965. The molecule has 0 rings (SSSR count). The van der Waals surface area contributed by atoms with Crippen molar-refractivity contribution < 1.29 is 19.5 Å². The number of carbonyl (C=O) groups is 3. The maximum Gasteiger partial charge on any atom is 0.327 e. The van der Waals surface area contributed by atoms with Crippen LogP contribution in [0.25, 0.3) is 0 Å². The van der Waals surface area contributed by atoms with E-state index >= 15 is 0 Å². The maximum atomic E-state index is 9.44. The third-order valence-electron chi connectivity index (χ3n) is 0.175. The molecule has 0 atom stereocenters. The van der Waals surface area contributed by atoms with Crippen molar-refractivity contribution >= 4 is 18.5 Å². The topological polar surface area (TPSA) is 71.4 Å². The number of carboxylic acid groups (broad SMARTS) is 1. The summed E-state index contributed by atoms with van der Waals surface area (Å²) in [5.74, 6) is -0.815. The van der Waals surface area contributed by atoms with Gasteiger partial charge in [-0.15, -0.1) is 0 Å². The normalized spacial score (nSPS) is 5.64. The highest BCUT2D eigenvalue weighted by Crippen LogP contribution is 1.54. The highest BCUT2D eigenvalue weighted by Gasteiger charge is 1.73. The summed E-state index contributed by atoms with van der Waals surface area (Å²) in [7, 11) is 0. The molecule has 0 aliphatic rings. The van der Waals surface area contributed by atoms with Gasteiger partial charge in [0.25, 0.3) is 0 Å². The van der Waals surface area contributed by atoms with Crippen LogP contribution >= 0.6 is 0 Å². The molecular formula is C7H12O4. The zero-order valence-electron chi connectivity index (χ0n) is 6.66. The number of carboxylic acids is 1. The van der Waals surface area contributed by atoms with Crippen molar-refractivity contribution in [3.8, 4) is 0 Å². The van der Waals surface area contributed by atoms with Gasteiger partial charge in [-0.25, -0.2) is 4.79 Å². The van der Waals surface area contributed by atoms with E-state index in [1.165, 1.54) is 13.8 Å². The first-order valence-corrected chi connectivity index (χ1v) is 2.62. The average Bonchev–Trinajstić information content (AvgIpc) is 1.91. The smallest absolute Gasteiger partial charge is 0.327 e. The molecule has 0 saturated carbocycles. The molecule has 0 spiro atoms. The first kappa shape index (κ1) is 16.3. The van der Waals surface area contributed by atoms with Gasteiger partial charge in [0.05, 0.1) is 0 Å². The number of ketones is 1. The molecule has 4 nitrogen and oxygen atoms in total. The molecule has 0 bridgehead atoms. The molecule has 0 radical (unpaired) electrons. The minimum atomic E-state index is -0.981. The molecule has 0 aromatic carbocycles. The van der Waals surface area contributed by atoms with Gasteiger partial charge >= 0.3 is 5.97 Å². The van der Waals surface area contributed by atoms with Crippen molar-refractivity contribution in [2.45, 2.75) is 13.8 Å².